The summed E-state index contributed by atoms with van der Waals surface area (Å²) in [5.41, 5.74) is 7.03. The molecule has 1 saturated carbocycles. The number of nitrogens with one attached hydrogen (secondary N) is 3. The van der Waals surface area contributed by atoms with E-state index in [-0.39, 0.29) is 23.8 Å². The minimum atomic E-state index is -0.294. The fraction of sp³-hybridized carbons (Fsp3) is 0.467. The summed E-state index contributed by atoms with van der Waals surface area (Å²) in [4.78, 5) is 23.6. The Balaban J connectivity index is 2.00. The molecule has 3 amide bonds. The molecular weight excluding hydrogens is 268 g/mol. The van der Waals surface area contributed by atoms with Crippen LogP contribution in [-0.4, -0.2) is 25.5 Å². The van der Waals surface area contributed by atoms with Gasteiger partial charge in [-0.3, -0.25) is 4.79 Å². The molecular formula is C15H22N4O2. The Kier molecular flexibility index (Phi) is 5.16. The zero-order valence-corrected chi connectivity index (χ0v) is 12.2. The largest absolute Gasteiger partial charge is 0.341 e. The van der Waals surface area contributed by atoms with Crippen LogP contribution in [0, 0.1) is 11.8 Å². The average Bonchev–Trinajstić information content (AvgIpc) is 2.96. The molecule has 5 N–H and O–H groups in total. The summed E-state index contributed by atoms with van der Waals surface area (Å²) < 4.78 is 0. The van der Waals surface area contributed by atoms with Crippen LogP contribution >= 0.6 is 0 Å². The Morgan fingerprint density at radius 1 is 1.24 bits per heavy atom. The predicted octanol–water partition coefficient (Wildman–Crippen LogP) is 1.75. The van der Waals surface area contributed by atoms with E-state index in [9.17, 15) is 9.59 Å². The highest BCUT2D eigenvalue weighted by molar-refractivity contribution is 5.94. The lowest BCUT2D eigenvalue weighted by Crippen LogP contribution is -2.29. The van der Waals surface area contributed by atoms with Crippen LogP contribution in [0.5, 0.6) is 0 Å². The molecule has 0 unspecified atom stereocenters. The SMILES string of the molecule is CNC(=O)Nc1cccc(NC(=O)[C@@H]2CCC[C@@H]2CN)c1. The van der Waals surface area contributed by atoms with Gasteiger partial charge in [0.1, 0.15) is 0 Å². The van der Waals surface area contributed by atoms with Crippen LogP contribution in [0.1, 0.15) is 19.3 Å². The highest BCUT2D eigenvalue weighted by Gasteiger charge is 2.31. The van der Waals surface area contributed by atoms with Crippen LogP contribution in [-0.2, 0) is 4.79 Å². The summed E-state index contributed by atoms with van der Waals surface area (Å²) in [6.07, 6.45) is 2.97. The average molecular weight is 290 g/mol. The molecule has 2 rings (SSSR count). The second kappa shape index (κ2) is 7.08. The number of amides is 3. The molecule has 0 radical (unpaired) electrons. The maximum Gasteiger partial charge on any atom is 0.318 e. The van der Waals surface area contributed by atoms with E-state index in [0.29, 0.717) is 17.9 Å². The van der Waals surface area contributed by atoms with Gasteiger partial charge in [0.15, 0.2) is 0 Å². The summed E-state index contributed by atoms with van der Waals surface area (Å²) >= 11 is 0. The fourth-order valence-electron chi connectivity index (χ4n) is 2.77. The molecule has 6 heteroatoms. The van der Waals surface area contributed by atoms with Crippen molar-refractivity contribution >= 4 is 23.3 Å². The smallest absolute Gasteiger partial charge is 0.318 e. The molecule has 1 aromatic carbocycles. The van der Waals surface area contributed by atoms with Crippen molar-refractivity contribution in [1.82, 2.24) is 5.32 Å². The lowest BCUT2D eigenvalue weighted by atomic mass is 9.95. The van der Waals surface area contributed by atoms with E-state index in [2.05, 4.69) is 16.0 Å². The van der Waals surface area contributed by atoms with Crippen molar-refractivity contribution in [2.45, 2.75) is 19.3 Å². The Hall–Kier alpha value is -2.08. The van der Waals surface area contributed by atoms with Crippen LogP contribution in [0.4, 0.5) is 16.2 Å². The van der Waals surface area contributed by atoms with Crippen molar-refractivity contribution in [3.8, 4) is 0 Å². The molecule has 0 bridgehead atoms. The van der Waals surface area contributed by atoms with Gasteiger partial charge in [0.2, 0.25) is 5.91 Å². The summed E-state index contributed by atoms with van der Waals surface area (Å²) in [7, 11) is 1.55. The molecule has 1 fully saturated rings. The van der Waals surface area contributed by atoms with Gasteiger partial charge in [0.05, 0.1) is 0 Å². The highest BCUT2D eigenvalue weighted by atomic mass is 16.2. The first-order valence-electron chi connectivity index (χ1n) is 7.23. The number of rotatable bonds is 4. The van der Waals surface area contributed by atoms with Gasteiger partial charge in [-0.05, 0) is 43.5 Å². The molecule has 0 spiro atoms. The van der Waals surface area contributed by atoms with Gasteiger partial charge in [0, 0.05) is 24.3 Å². The normalized spacial score (nSPS) is 20.9. The predicted molar refractivity (Wildman–Crippen MR) is 83.0 cm³/mol. The van der Waals surface area contributed by atoms with Crippen LogP contribution in [0.15, 0.2) is 24.3 Å². The molecule has 0 aromatic heterocycles. The molecule has 0 saturated heterocycles. The Morgan fingerprint density at radius 2 is 1.95 bits per heavy atom. The fourth-order valence-corrected chi connectivity index (χ4v) is 2.77. The maximum atomic E-state index is 12.3. The third-order valence-electron chi connectivity index (χ3n) is 3.91. The van der Waals surface area contributed by atoms with Gasteiger partial charge in [0.25, 0.3) is 0 Å². The molecule has 1 aromatic rings. The van der Waals surface area contributed by atoms with E-state index < -0.39 is 0 Å². The van der Waals surface area contributed by atoms with E-state index in [1.54, 1.807) is 31.3 Å². The van der Waals surface area contributed by atoms with Gasteiger partial charge in [-0.25, -0.2) is 4.79 Å². The number of urea groups is 1. The van der Waals surface area contributed by atoms with Crippen molar-refractivity contribution in [3.05, 3.63) is 24.3 Å². The maximum absolute atomic E-state index is 12.3. The van der Waals surface area contributed by atoms with Crippen LogP contribution in [0.25, 0.3) is 0 Å². The van der Waals surface area contributed by atoms with Gasteiger partial charge in [-0.2, -0.15) is 0 Å². The van der Waals surface area contributed by atoms with Crippen molar-refractivity contribution < 1.29 is 9.59 Å². The summed E-state index contributed by atoms with van der Waals surface area (Å²) in [5, 5.41) is 8.07. The Bertz CT molecular complexity index is 518. The number of hydrogen-bond acceptors (Lipinski definition) is 3. The van der Waals surface area contributed by atoms with Crippen molar-refractivity contribution in [2.75, 3.05) is 24.2 Å². The number of nitrogens with two attached hydrogens (primary N) is 1. The molecule has 21 heavy (non-hydrogen) atoms. The lowest BCUT2D eigenvalue weighted by Gasteiger charge is -2.17. The topological polar surface area (TPSA) is 96.2 Å². The van der Waals surface area contributed by atoms with Crippen molar-refractivity contribution in [2.24, 2.45) is 17.6 Å². The Labute approximate surface area is 124 Å². The van der Waals surface area contributed by atoms with Crippen molar-refractivity contribution in [1.29, 1.82) is 0 Å². The Morgan fingerprint density at radius 3 is 2.62 bits per heavy atom. The van der Waals surface area contributed by atoms with E-state index >= 15 is 0 Å². The second-order valence-electron chi connectivity index (χ2n) is 5.31. The number of anilines is 2. The number of benzene rings is 1. The van der Waals surface area contributed by atoms with Crippen LogP contribution < -0.4 is 21.7 Å². The number of carbonyl (C=O) groups excluding carboxylic acids is 2. The summed E-state index contributed by atoms with van der Waals surface area (Å²) in [6.45, 7) is 0.552. The first kappa shape index (κ1) is 15.3. The molecule has 6 nitrogen and oxygen atoms in total. The second-order valence-corrected chi connectivity index (χ2v) is 5.31. The van der Waals surface area contributed by atoms with Crippen molar-refractivity contribution in [3.63, 3.8) is 0 Å². The molecule has 0 heterocycles. The van der Waals surface area contributed by atoms with Gasteiger partial charge in [-0.1, -0.05) is 12.5 Å². The third-order valence-corrected chi connectivity index (χ3v) is 3.91. The van der Waals surface area contributed by atoms with E-state index in [1.807, 2.05) is 0 Å². The van der Waals surface area contributed by atoms with E-state index in [4.69, 9.17) is 5.73 Å². The van der Waals surface area contributed by atoms with E-state index in [1.165, 1.54) is 0 Å². The van der Waals surface area contributed by atoms with Crippen LogP contribution in [0.3, 0.4) is 0 Å². The third kappa shape index (κ3) is 3.95. The molecule has 114 valence electrons. The standard InChI is InChI=1S/C15H22N4O2/c1-17-15(21)19-12-6-3-5-11(8-12)18-14(20)13-7-2-4-10(13)9-16/h3,5-6,8,10,13H,2,4,7,9,16H2,1H3,(H,18,20)(H2,17,19,21)/t10-,13-/m1/s1. The van der Waals surface area contributed by atoms with Gasteiger partial charge in [-0.15, -0.1) is 0 Å². The molecule has 1 aliphatic carbocycles. The quantitative estimate of drug-likeness (QED) is 0.680. The van der Waals surface area contributed by atoms with Gasteiger partial charge < -0.3 is 21.7 Å². The monoisotopic (exact) mass is 290 g/mol. The first-order chi connectivity index (χ1) is 10.1. The zero-order chi connectivity index (χ0) is 15.2. The van der Waals surface area contributed by atoms with Crippen LogP contribution in [0.2, 0.25) is 0 Å². The lowest BCUT2D eigenvalue weighted by molar-refractivity contribution is -0.120. The zero-order valence-electron chi connectivity index (χ0n) is 12.2. The number of hydrogen-bond donors (Lipinski definition) is 4. The van der Waals surface area contributed by atoms with Gasteiger partial charge >= 0.3 is 6.03 Å². The molecule has 2 atom stereocenters. The minimum Gasteiger partial charge on any atom is -0.341 e. The van der Waals surface area contributed by atoms with E-state index in [0.717, 1.165) is 19.3 Å². The summed E-state index contributed by atoms with van der Waals surface area (Å²) in [5.74, 6) is 0.280. The first-order valence-corrected chi connectivity index (χ1v) is 7.23. The summed E-state index contributed by atoms with van der Waals surface area (Å²) in [6, 6.07) is 6.80. The minimum absolute atomic E-state index is 0.00874. The molecule has 0 aliphatic heterocycles. The highest BCUT2D eigenvalue weighted by Crippen LogP contribution is 2.32. The number of carbonyl (C=O) groups is 2. The molecule has 1 aliphatic rings.